The van der Waals surface area contributed by atoms with Gasteiger partial charge in [0.25, 0.3) is 11.7 Å². The van der Waals surface area contributed by atoms with Crippen LogP contribution in [0, 0.1) is 0 Å². The molecule has 2 N–H and O–H groups in total. The van der Waals surface area contributed by atoms with Crippen molar-refractivity contribution < 1.29 is 9.59 Å². The van der Waals surface area contributed by atoms with Gasteiger partial charge in [0, 0.05) is 27.8 Å². The second-order valence-electron chi connectivity index (χ2n) is 5.23. The van der Waals surface area contributed by atoms with Crippen molar-refractivity contribution >= 4 is 39.9 Å². The Morgan fingerprint density at radius 1 is 1.13 bits per heavy atom. The molecule has 0 aliphatic heterocycles. The Kier molecular flexibility index (Phi) is 4.17. The lowest BCUT2D eigenvalue weighted by molar-refractivity contribution is -0.112. The molecule has 3 aromatic rings. The molecular weight excluding hydrogens is 312 g/mol. The molecule has 23 heavy (non-hydrogen) atoms. The number of fused-ring (bicyclic) bond motifs is 1. The van der Waals surface area contributed by atoms with Crippen LogP contribution in [0.15, 0.2) is 48.7 Å². The van der Waals surface area contributed by atoms with Crippen molar-refractivity contribution in [1.29, 1.82) is 0 Å². The number of aryl methyl sites for hydroxylation is 1. The van der Waals surface area contributed by atoms with Gasteiger partial charge in [-0.2, -0.15) is 0 Å². The molecule has 2 aromatic carbocycles. The Labute approximate surface area is 138 Å². The second-order valence-corrected chi connectivity index (χ2v) is 5.66. The zero-order chi connectivity index (χ0) is 16.4. The Morgan fingerprint density at radius 2 is 1.87 bits per heavy atom. The average Bonchev–Trinajstić information content (AvgIpc) is 2.97. The molecule has 1 aromatic heterocycles. The molecule has 0 saturated carbocycles. The maximum Gasteiger partial charge on any atom is 0.296 e. The number of H-pyrrole nitrogens is 1. The first kappa shape index (κ1) is 15.3. The number of carbonyl (C=O) groups is 2. The molecule has 3 rings (SSSR count). The van der Waals surface area contributed by atoms with Crippen molar-refractivity contribution in [1.82, 2.24) is 4.98 Å². The normalized spacial score (nSPS) is 10.7. The minimum absolute atomic E-state index is 0.310. The van der Waals surface area contributed by atoms with Crippen LogP contribution in [-0.2, 0) is 11.2 Å². The van der Waals surface area contributed by atoms with Crippen molar-refractivity contribution in [3.8, 4) is 0 Å². The lowest BCUT2D eigenvalue weighted by Crippen LogP contribution is -2.22. The van der Waals surface area contributed by atoms with Gasteiger partial charge in [-0.25, -0.2) is 0 Å². The molecule has 0 spiro atoms. The summed E-state index contributed by atoms with van der Waals surface area (Å²) in [4.78, 5) is 27.5. The predicted octanol–water partition coefficient (Wildman–Crippen LogP) is 4.21. The smallest absolute Gasteiger partial charge is 0.296 e. The van der Waals surface area contributed by atoms with Gasteiger partial charge >= 0.3 is 0 Å². The van der Waals surface area contributed by atoms with E-state index in [-0.39, 0.29) is 0 Å². The highest BCUT2D eigenvalue weighted by atomic mass is 35.5. The number of halogens is 1. The van der Waals surface area contributed by atoms with Crippen LogP contribution in [0.25, 0.3) is 10.9 Å². The Bertz CT molecular complexity index is 882. The van der Waals surface area contributed by atoms with Gasteiger partial charge in [-0.05, 0) is 42.3 Å². The van der Waals surface area contributed by atoms with E-state index in [1.165, 1.54) is 11.8 Å². The highest BCUT2D eigenvalue weighted by molar-refractivity contribution is 6.48. The molecule has 116 valence electrons. The van der Waals surface area contributed by atoms with E-state index in [1.807, 2.05) is 12.1 Å². The number of aromatic amines is 1. The van der Waals surface area contributed by atoms with Gasteiger partial charge in [0.2, 0.25) is 0 Å². The summed E-state index contributed by atoms with van der Waals surface area (Å²) >= 11 is 5.96. The van der Waals surface area contributed by atoms with E-state index in [4.69, 9.17) is 11.6 Å². The number of hydrogen-bond donors (Lipinski definition) is 2. The third kappa shape index (κ3) is 3.12. The Morgan fingerprint density at radius 3 is 2.57 bits per heavy atom. The standard InChI is InChI=1S/C18H15ClN2O2/c1-2-11-3-6-13(7-4-11)21-18(23)17(22)15-10-20-16-8-5-12(19)9-14(15)16/h3-10,20H,2H2,1H3,(H,21,23). The van der Waals surface area contributed by atoms with Crippen LogP contribution < -0.4 is 5.32 Å². The van der Waals surface area contributed by atoms with Crippen LogP contribution in [0.5, 0.6) is 0 Å². The number of benzene rings is 2. The summed E-state index contributed by atoms with van der Waals surface area (Å²) in [5, 5.41) is 3.78. The number of aromatic nitrogens is 1. The van der Waals surface area contributed by atoms with Crippen molar-refractivity contribution in [3.05, 3.63) is 64.8 Å². The van der Waals surface area contributed by atoms with E-state index in [0.717, 1.165) is 11.9 Å². The maximum absolute atomic E-state index is 12.4. The van der Waals surface area contributed by atoms with E-state index in [1.54, 1.807) is 30.3 Å². The van der Waals surface area contributed by atoms with Gasteiger partial charge in [0.05, 0.1) is 5.56 Å². The van der Waals surface area contributed by atoms with Gasteiger partial charge < -0.3 is 10.3 Å². The van der Waals surface area contributed by atoms with E-state index < -0.39 is 11.7 Å². The van der Waals surface area contributed by atoms with Crippen LogP contribution in [0.3, 0.4) is 0 Å². The van der Waals surface area contributed by atoms with Crippen LogP contribution in [0.4, 0.5) is 5.69 Å². The second kappa shape index (κ2) is 6.26. The van der Waals surface area contributed by atoms with Gasteiger partial charge in [0.1, 0.15) is 0 Å². The van der Waals surface area contributed by atoms with Crippen molar-refractivity contribution in [2.75, 3.05) is 5.32 Å². The minimum Gasteiger partial charge on any atom is -0.360 e. The molecule has 0 aliphatic carbocycles. The highest BCUT2D eigenvalue weighted by Crippen LogP contribution is 2.23. The SMILES string of the molecule is CCc1ccc(NC(=O)C(=O)c2c[nH]c3ccc(Cl)cc23)cc1. The van der Waals surface area contributed by atoms with E-state index in [0.29, 0.717) is 21.7 Å². The third-order valence-corrected chi connectivity index (χ3v) is 3.95. The molecule has 0 bridgehead atoms. The zero-order valence-electron chi connectivity index (χ0n) is 12.5. The molecular formula is C18H15ClN2O2. The first-order valence-electron chi connectivity index (χ1n) is 7.29. The summed E-state index contributed by atoms with van der Waals surface area (Å²) in [6.07, 6.45) is 2.45. The van der Waals surface area contributed by atoms with Crippen LogP contribution >= 0.6 is 11.6 Å². The lowest BCUT2D eigenvalue weighted by Gasteiger charge is -2.05. The number of rotatable bonds is 4. The number of amides is 1. The first-order chi connectivity index (χ1) is 11.1. The number of anilines is 1. The number of ketones is 1. The summed E-state index contributed by atoms with van der Waals surface area (Å²) in [6.45, 7) is 2.05. The molecule has 0 atom stereocenters. The van der Waals surface area contributed by atoms with Crippen LogP contribution in [0.2, 0.25) is 5.02 Å². The van der Waals surface area contributed by atoms with Crippen molar-refractivity contribution in [3.63, 3.8) is 0 Å². The van der Waals surface area contributed by atoms with Gasteiger partial charge in [-0.3, -0.25) is 9.59 Å². The number of Topliss-reactive ketones (excluding diaryl/α,β-unsaturated/α-hetero) is 1. The maximum atomic E-state index is 12.4. The molecule has 0 saturated heterocycles. The fraction of sp³-hybridized carbons (Fsp3) is 0.111. The number of hydrogen-bond acceptors (Lipinski definition) is 2. The highest BCUT2D eigenvalue weighted by Gasteiger charge is 2.20. The first-order valence-corrected chi connectivity index (χ1v) is 7.67. The quantitative estimate of drug-likeness (QED) is 0.557. The topological polar surface area (TPSA) is 62.0 Å². The van der Waals surface area contributed by atoms with Crippen LogP contribution in [0.1, 0.15) is 22.8 Å². The molecule has 0 fully saturated rings. The van der Waals surface area contributed by atoms with Crippen molar-refractivity contribution in [2.45, 2.75) is 13.3 Å². The summed E-state index contributed by atoms with van der Waals surface area (Å²) < 4.78 is 0. The minimum atomic E-state index is -0.671. The molecule has 1 amide bonds. The lowest BCUT2D eigenvalue weighted by atomic mass is 10.1. The number of carbonyl (C=O) groups excluding carboxylic acids is 2. The molecule has 4 nitrogen and oxygen atoms in total. The Balaban J connectivity index is 1.83. The van der Waals surface area contributed by atoms with Gasteiger partial charge in [-0.15, -0.1) is 0 Å². The van der Waals surface area contributed by atoms with Crippen molar-refractivity contribution in [2.24, 2.45) is 0 Å². The fourth-order valence-corrected chi connectivity index (χ4v) is 2.59. The fourth-order valence-electron chi connectivity index (χ4n) is 2.41. The summed E-state index contributed by atoms with van der Waals surface area (Å²) in [7, 11) is 0. The van der Waals surface area contributed by atoms with E-state index in [2.05, 4.69) is 17.2 Å². The molecule has 1 heterocycles. The predicted molar refractivity (Wildman–Crippen MR) is 92.1 cm³/mol. The molecule has 5 heteroatoms. The summed E-state index contributed by atoms with van der Waals surface area (Å²) in [5.41, 5.74) is 2.84. The molecule has 0 unspecified atom stereocenters. The monoisotopic (exact) mass is 326 g/mol. The van der Waals surface area contributed by atoms with Gasteiger partial charge in [0.15, 0.2) is 0 Å². The molecule has 0 radical (unpaired) electrons. The zero-order valence-corrected chi connectivity index (χ0v) is 13.3. The van der Waals surface area contributed by atoms with E-state index in [9.17, 15) is 9.59 Å². The summed E-state index contributed by atoms with van der Waals surface area (Å²) in [5.74, 6) is -1.27. The van der Waals surface area contributed by atoms with Gasteiger partial charge in [-0.1, -0.05) is 30.7 Å². The summed E-state index contributed by atoms with van der Waals surface area (Å²) in [6, 6.07) is 12.6. The third-order valence-electron chi connectivity index (χ3n) is 3.71. The average molecular weight is 327 g/mol. The number of nitrogens with one attached hydrogen (secondary N) is 2. The largest absolute Gasteiger partial charge is 0.360 e. The molecule has 0 aliphatic rings. The van der Waals surface area contributed by atoms with E-state index >= 15 is 0 Å². The Hall–Kier alpha value is -2.59. The van der Waals surface area contributed by atoms with Crippen LogP contribution in [-0.4, -0.2) is 16.7 Å².